The van der Waals surface area contributed by atoms with Crippen LogP contribution in [-0.4, -0.2) is 6.54 Å². The van der Waals surface area contributed by atoms with Crippen LogP contribution in [0.1, 0.15) is 43.9 Å². The summed E-state index contributed by atoms with van der Waals surface area (Å²) in [5, 5.41) is 3.36. The number of nitrogens with one attached hydrogen (secondary N) is 1. The topological polar surface area (TPSA) is 12.0 Å². The van der Waals surface area contributed by atoms with E-state index in [4.69, 9.17) is 0 Å². The normalized spacial score (nSPS) is 12.8. The Morgan fingerprint density at radius 3 is 2.67 bits per heavy atom. The van der Waals surface area contributed by atoms with Gasteiger partial charge in [0.15, 0.2) is 0 Å². The second-order valence-corrected chi connectivity index (χ2v) is 3.94. The second kappa shape index (κ2) is 5.86. The SMILES string of the molecule is CCCNC(CC)c1cc(C)ccc1F. The van der Waals surface area contributed by atoms with E-state index in [0.29, 0.717) is 0 Å². The quantitative estimate of drug-likeness (QED) is 0.781. The zero-order valence-electron chi connectivity index (χ0n) is 9.81. The Bertz CT molecular complexity index is 309. The first-order valence-corrected chi connectivity index (χ1v) is 5.68. The van der Waals surface area contributed by atoms with E-state index in [1.165, 1.54) is 0 Å². The van der Waals surface area contributed by atoms with Crippen molar-refractivity contribution in [3.8, 4) is 0 Å². The van der Waals surface area contributed by atoms with Crippen molar-refractivity contribution in [3.05, 3.63) is 35.1 Å². The van der Waals surface area contributed by atoms with Gasteiger partial charge >= 0.3 is 0 Å². The molecule has 0 aromatic heterocycles. The van der Waals surface area contributed by atoms with Crippen molar-refractivity contribution in [2.45, 2.75) is 39.7 Å². The highest BCUT2D eigenvalue weighted by Gasteiger charge is 2.12. The smallest absolute Gasteiger partial charge is 0.127 e. The maximum Gasteiger partial charge on any atom is 0.127 e. The molecule has 1 aromatic rings. The monoisotopic (exact) mass is 209 g/mol. The summed E-state index contributed by atoms with van der Waals surface area (Å²) in [6.45, 7) is 7.13. The van der Waals surface area contributed by atoms with Crippen LogP contribution in [0.15, 0.2) is 18.2 Å². The van der Waals surface area contributed by atoms with E-state index in [-0.39, 0.29) is 11.9 Å². The molecule has 2 heteroatoms. The molecule has 0 saturated heterocycles. The summed E-state index contributed by atoms with van der Waals surface area (Å²) < 4.78 is 13.6. The van der Waals surface area contributed by atoms with E-state index in [2.05, 4.69) is 19.2 Å². The van der Waals surface area contributed by atoms with E-state index in [0.717, 1.165) is 30.5 Å². The molecule has 1 nitrogen and oxygen atoms in total. The van der Waals surface area contributed by atoms with Crippen molar-refractivity contribution >= 4 is 0 Å². The van der Waals surface area contributed by atoms with Crippen LogP contribution in [0.25, 0.3) is 0 Å². The van der Waals surface area contributed by atoms with Gasteiger partial charge in [-0.2, -0.15) is 0 Å². The summed E-state index contributed by atoms with van der Waals surface area (Å²) in [7, 11) is 0. The molecule has 0 aliphatic heterocycles. The van der Waals surface area contributed by atoms with Gasteiger partial charge in [-0.1, -0.05) is 31.5 Å². The van der Waals surface area contributed by atoms with Gasteiger partial charge < -0.3 is 5.32 Å². The van der Waals surface area contributed by atoms with Crippen LogP contribution >= 0.6 is 0 Å². The Morgan fingerprint density at radius 1 is 1.33 bits per heavy atom. The molecule has 0 radical (unpaired) electrons. The maximum atomic E-state index is 13.6. The lowest BCUT2D eigenvalue weighted by atomic mass is 10.0. The minimum absolute atomic E-state index is 0.101. The van der Waals surface area contributed by atoms with Crippen molar-refractivity contribution in [2.24, 2.45) is 0 Å². The molecular weight excluding hydrogens is 189 g/mol. The van der Waals surface area contributed by atoms with Crippen molar-refractivity contribution in [3.63, 3.8) is 0 Å². The highest BCUT2D eigenvalue weighted by molar-refractivity contribution is 5.26. The van der Waals surface area contributed by atoms with E-state index in [9.17, 15) is 4.39 Å². The highest BCUT2D eigenvalue weighted by atomic mass is 19.1. The Kier molecular flexibility index (Phi) is 4.76. The molecule has 1 rings (SSSR count). The van der Waals surface area contributed by atoms with Gasteiger partial charge in [-0.15, -0.1) is 0 Å². The molecule has 0 aliphatic rings. The number of benzene rings is 1. The number of hydrogen-bond donors (Lipinski definition) is 1. The molecule has 1 unspecified atom stereocenters. The second-order valence-electron chi connectivity index (χ2n) is 3.94. The van der Waals surface area contributed by atoms with E-state index in [1.54, 1.807) is 6.07 Å². The van der Waals surface area contributed by atoms with Crippen LogP contribution in [-0.2, 0) is 0 Å². The average molecular weight is 209 g/mol. The van der Waals surface area contributed by atoms with Crippen LogP contribution in [0.3, 0.4) is 0 Å². The van der Waals surface area contributed by atoms with Gasteiger partial charge in [-0.3, -0.25) is 0 Å². The van der Waals surface area contributed by atoms with Gasteiger partial charge in [0, 0.05) is 11.6 Å². The van der Waals surface area contributed by atoms with Crippen LogP contribution in [0.4, 0.5) is 4.39 Å². The fourth-order valence-corrected chi connectivity index (χ4v) is 1.72. The Labute approximate surface area is 91.7 Å². The first kappa shape index (κ1) is 12.2. The third-order valence-electron chi connectivity index (χ3n) is 2.58. The zero-order chi connectivity index (χ0) is 11.3. The van der Waals surface area contributed by atoms with Crippen LogP contribution in [0.2, 0.25) is 0 Å². The lowest BCUT2D eigenvalue weighted by Gasteiger charge is -2.18. The molecule has 0 bridgehead atoms. The molecule has 15 heavy (non-hydrogen) atoms. The molecule has 1 N–H and O–H groups in total. The first-order chi connectivity index (χ1) is 7.19. The van der Waals surface area contributed by atoms with E-state index < -0.39 is 0 Å². The molecule has 0 amide bonds. The molecule has 0 saturated carbocycles. The molecule has 1 atom stereocenters. The average Bonchev–Trinajstić information content (AvgIpc) is 2.24. The molecule has 0 heterocycles. The standard InChI is InChI=1S/C13H20FN/c1-4-8-15-13(5-2)11-9-10(3)6-7-12(11)14/h6-7,9,13,15H,4-5,8H2,1-3H3. The number of aryl methyl sites for hydroxylation is 1. The molecule has 84 valence electrons. The predicted octanol–water partition coefficient (Wildman–Crippen LogP) is 3.58. The molecule has 0 aliphatic carbocycles. The van der Waals surface area contributed by atoms with Crippen LogP contribution in [0.5, 0.6) is 0 Å². The van der Waals surface area contributed by atoms with E-state index in [1.807, 2.05) is 19.1 Å². The van der Waals surface area contributed by atoms with Crippen molar-refractivity contribution < 1.29 is 4.39 Å². The van der Waals surface area contributed by atoms with Crippen molar-refractivity contribution in [2.75, 3.05) is 6.54 Å². The van der Waals surface area contributed by atoms with Gasteiger partial charge in [0.05, 0.1) is 0 Å². The summed E-state index contributed by atoms with van der Waals surface area (Å²) in [4.78, 5) is 0. The molecule has 0 fully saturated rings. The number of halogens is 1. The fourth-order valence-electron chi connectivity index (χ4n) is 1.72. The van der Waals surface area contributed by atoms with Crippen molar-refractivity contribution in [1.82, 2.24) is 5.32 Å². The zero-order valence-corrected chi connectivity index (χ0v) is 9.81. The number of rotatable bonds is 5. The van der Waals surface area contributed by atoms with Crippen LogP contribution in [0, 0.1) is 12.7 Å². The minimum Gasteiger partial charge on any atom is -0.310 e. The van der Waals surface area contributed by atoms with E-state index >= 15 is 0 Å². The lowest BCUT2D eigenvalue weighted by Crippen LogP contribution is -2.22. The Morgan fingerprint density at radius 2 is 2.07 bits per heavy atom. The van der Waals surface area contributed by atoms with Gasteiger partial charge in [-0.05, 0) is 32.4 Å². The molecule has 1 aromatic carbocycles. The van der Waals surface area contributed by atoms with Gasteiger partial charge in [-0.25, -0.2) is 4.39 Å². The Hall–Kier alpha value is -0.890. The maximum absolute atomic E-state index is 13.6. The summed E-state index contributed by atoms with van der Waals surface area (Å²) in [5.41, 5.74) is 1.91. The summed E-state index contributed by atoms with van der Waals surface area (Å²) in [5.74, 6) is -0.101. The summed E-state index contributed by atoms with van der Waals surface area (Å²) >= 11 is 0. The van der Waals surface area contributed by atoms with Crippen LogP contribution < -0.4 is 5.32 Å². The van der Waals surface area contributed by atoms with Gasteiger partial charge in [0.25, 0.3) is 0 Å². The third kappa shape index (κ3) is 3.31. The number of hydrogen-bond acceptors (Lipinski definition) is 1. The first-order valence-electron chi connectivity index (χ1n) is 5.68. The Balaban J connectivity index is 2.85. The molecule has 0 spiro atoms. The highest BCUT2D eigenvalue weighted by Crippen LogP contribution is 2.21. The fraction of sp³-hybridized carbons (Fsp3) is 0.538. The van der Waals surface area contributed by atoms with Crippen molar-refractivity contribution in [1.29, 1.82) is 0 Å². The predicted molar refractivity (Wildman–Crippen MR) is 62.5 cm³/mol. The largest absolute Gasteiger partial charge is 0.310 e. The minimum atomic E-state index is -0.101. The summed E-state index contributed by atoms with van der Waals surface area (Å²) in [6, 6.07) is 5.45. The lowest BCUT2D eigenvalue weighted by molar-refractivity contribution is 0.488. The molecular formula is C13H20FN. The third-order valence-corrected chi connectivity index (χ3v) is 2.58. The summed E-state index contributed by atoms with van der Waals surface area (Å²) in [6.07, 6.45) is 1.99. The van der Waals surface area contributed by atoms with Gasteiger partial charge in [0.1, 0.15) is 5.82 Å². The van der Waals surface area contributed by atoms with Gasteiger partial charge in [0.2, 0.25) is 0 Å².